The van der Waals surface area contributed by atoms with Crippen molar-refractivity contribution in [3.8, 4) is 0 Å². The Morgan fingerprint density at radius 1 is 1.29 bits per heavy atom. The number of aryl methyl sites for hydroxylation is 2. The summed E-state index contributed by atoms with van der Waals surface area (Å²) in [5.74, 6) is -0.286. The number of hydrogen-bond acceptors (Lipinski definition) is 6. The van der Waals surface area contributed by atoms with E-state index in [0.717, 1.165) is 22.7 Å². The van der Waals surface area contributed by atoms with E-state index in [9.17, 15) is 15.0 Å². The SMILES string of the molecule is Cc1cccc(C(=O)Nc2cn3cc(CCC(C)(C)O)nc3cc2N2CC[C@@H](O)C2)n1. The van der Waals surface area contributed by atoms with Crippen LogP contribution in [0.15, 0.2) is 36.7 Å². The number of β-amino-alcohol motifs (C(OH)–C–C–N with tert-alkyl or cyclic N) is 1. The highest BCUT2D eigenvalue weighted by Gasteiger charge is 2.24. The Hall–Kier alpha value is -2.97. The molecule has 0 bridgehead atoms. The average molecular weight is 424 g/mol. The summed E-state index contributed by atoms with van der Waals surface area (Å²) in [5, 5.41) is 23.0. The van der Waals surface area contributed by atoms with Crippen LogP contribution >= 0.6 is 0 Å². The summed E-state index contributed by atoms with van der Waals surface area (Å²) in [6.45, 7) is 6.63. The molecule has 1 atom stereocenters. The topological polar surface area (TPSA) is 103 Å². The van der Waals surface area contributed by atoms with Gasteiger partial charge in [-0.15, -0.1) is 0 Å². The molecule has 3 N–H and O–H groups in total. The molecule has 0 aliphatic carbocycles. The number of pyridine rings is 2. The first kappa shape index (κ1) is 21.3. The van der Waals surface area contributed by atoms with E-state index < -0.39 is 5.60 Å². The summed E-state index contributed by atoms with van der Waals surface area (Å²) < 4.78 is 1.88. The van der Waals surface area contributed by atoms with Crippen molar-refractivity contribution in [1.29, 1.82) is 0 Å². The molecule has 1 fully saturated rings. The predicted molar refractivity (Wildman–Crippen MR) is 120 cm³/mol. The molecule has 31 heavy (non-hydrogen) atoms. The highest BCUT2D eigenvalue weighted by molar-refractivity contribution is 6.04. The van der Waals surface area contributed by atoms with Gasteiger partial charge < -0.3 is 24.8 Å². The van der Waals surface area contributed by atoms with Gasteiger partial charge in [0.25, 0.3) is 5.91 Å². The third-order valence-corrected chi connectivity index (χ3v) is 5.49. The van der Waals surface area contributed by atoms with Gasteiger partial charge >= 0.3 is 0 Å². The molecule has 0 aromatic carbocycles. The molecule has 4 rings (SSSR count). The largest absolute Gasteiger partial charge is 0.391 e. The molecule has 0 radical (unpaired) electrons. The van der Waals surface area contributed by atoms with Crippen molar-refractivity contribution in [2.45, 2.75) is 51.7 Å². The van der Waals surface area contributed by atoms with Gasteiger partial charge in [0, 0.05) is 37.2 Å². The molecular weight excluding hydrogens is 394 g/mol. The lowest BCUT2D eigenvalue weighted by molar-refractivity contribution is 0.0711. The van der Waals surface area contributed by atoms with E-state index in [0.29, 0.717) is 43.7 Å². The van der Waals surface area contributed by atoms with Crippen LogP contribution in [-0.2, 0) is 6.42 Å². The van der Waals surface area contributed by atoms with Gasteiger partial charge in [0.2, 0.25) is 0 Å². The Kier molecular flexibility index (Phi) is 5.68. The standard InChI is InChI=1S/C23H29N5O3/c1-15-5-4-6-18(24-15)22(30)26-19-14-28-12-16(7-9-23(2,3)31)25-21(28)11-20(19)27-10-8-17(29)13-27/h4-6,11-12,14,17,29,31H,7-10,13H2,1-3H3,(H,26,30)/t17-/m1/s1. The highest BCUT2D eigenvalue weighted by Crippen LogP contribution is 2.31. The number of amides is 1. The van der Waals surface area contributed by atoms with Gasteiger partial charge in [0.15, 0.2) is 0 Å². The Balaban J connectivity index is 1.68. The molecule has 3 aromatic heterocycles. The van der Waals surface area contributed by atoms with Gasteiger partial charge in [-0.3, -0.25) is 4.79 Å². The van der Waals surface area contributed by atoms with Crippen LogP contribution in [0.4, 0.5) is 11.4 Å². The lowest BCUT2D eigenvalue weighted by Crippen LogP contribution is -2.24. The summed E-state index contributed by atoms with van der Waals surface area (Å²) in [7, 11) is 0. The van der Waals surface area contributed by atoms with Crippen LogP contribution < -0.4 is 10.2 Å². The van der Waals surface area contributed by atoms with Gasteiger partial charge in [0.1, 0.15) is 11.3 Å². The number of aliphatic hydroxyl groups is 2. The van der Waals surface area contributed by atoms with E-state index in [-0.39, 0.29) is 12.0 Å². The van der Waals surface area contributed by atoms with Gasteiger partial charge in [-0.1, -0.05) is 6.07 Å². The van der Waals surface area contributed by atoms with Crippen LogP contribution in [0.3, 0.4) is 0 Å². The minimum atomic E-state index is -0.757. The van der Waals surface area contributed by atoms with Crippen LogP contribution in [0.25, 0.3) is 5.65 Å². The number of carbonyl (C=O) groups is 1. The fourth-order valence-corrected chi connectivity index (χ4v) is 3.80. The molecule has 0 spiro atoms. The minimum absolute atomic E-state index is 0.286. The number of nitrogens with one attached hydrogen (secondary N) is 1. The van der Waals surface area contributed by atoms with Gasteiger partial charge in [-0.25, -0.2) is 9.97 Å². The molecule has 1 aliphatic rings. The first-order valence-electron chi connectivity index (χ1n) is 10.6. The second-order valence-electron chi connectivity index (χ2n) is 8.89. The van der Waals surface area contributed by atoms with Gasteiger partial charge in [-0.05, 0) is 52.2 Å². The maximum Gasteiger partial charge on any atom is 0.274 e. The highest BCUT2D eigenvalue weighted by atomic mass is 16.3. The molecule has 164 valence electrons. The van der Waals surface area contributed by atoms with E-state index in [1.165, 1.54) is 0 Å². The monoisotopic (exact) mass is 423 g/mol. The van der Waals surface area contributed by atoms with E-state index in [1.807, 2.05) is 41.9 Å². The Bertz CT molecular complexity index is 1100. The molecule has 1 amide bonds. The zero-order chi connectivity index (χ0) is 22.2. The van der Waals surface area contributed by atoms with E-state index in [4.69, 9.17) is 4.98 Å². The van der Waals surface area contributed by atoms with Crippen molar-refractivity contribution in [3.63, 3.8) is 0 Å². The number of hydrogen-bond donors (Lipinski definition) is 3. The van der Waals surface area contributed by atoms with Crippen molar-refractivity contribution in [1.82, 2.24) is 14.4 Å². The van der Waals surface area contributed by atoms with E-state index in [2.05, 4.69) is 15.2 Å². The molecule has 0 saturated carbocycles. The Morgan fingerprint density at radius 3 is 2.77 bits per heavy atom. The first-order valence-corrected chi connectivity index (χ1v) is 10.6. The second-order valence-corrected chi connectivity index (χ2v) is 8.89. The Labute approximate surface area is 181 Å². The van der Waals surface area contributed by atoms with Crippen LogP contribution in [0.2, 0.25) is 0 Å². The molecule has 1 aliphatic heterocycles. The van der Waals surface area contributed by atoms with Crippen molar-refractivity contribution in [2.75, 3.05) is 23.3 Å². The Morgan fingerprint density at radius 2 is 2.10 bits per heavy atom. The summed E-state index contributed by atoms with van der Waals surface area (Å²) in [6.07, 6.45) is 5.32. The third-order valence-electron chi connectivity index (χ3n) is 5.49. The van der Waals surface area contributed by atoms with Crippen LogP contribution in [0.5, 0.6) is 0 Å². The fraction of sp³-hybridized carbons (Fsp3) is 0.435. The summed E-state index contributed by atoms with van der Waals surface area (Å²) >= 11 is 0. The molecular formula is C23H29N5O3. The van der Waals surface area contributed by atoms with Crippen molar-refractivity contribution >= 4 is 22.9 Å². The van der Waals surface area contributed by atoms with Gasteiger partial charge in [0.05, 0.1) is 28.8 Å². The smallest absolute Gasteiger partial charge is 0.274 e. The number of rotatable bonds is 6. The number of carbonyl (C=O) groups excluding carboxylic acids is 1. The normalized spacial score (nSPS) is 16.8. The first-order chi connectivity index (χ1) is 14.7. The van der Waals surface area contributed by atoms with E-state index >= 15 is 0 Å². The predicted octanol–water partition coefficient (Wildman–Crippen LogP) is 2.56. The minimum Gasteiger partial charge on any atom is -0.391 e. The second kappa shape index (κ2) is 8.28. The summed E-state index contributed by atoms with van der Waals surface area (Å²) in [4.78, 5) is 23.9. The number of imidazole rings is 1. The molecule has 1 saturated heterocycles. The summed E-state index contributed by atoms with van der Waals surface area (Å²) in [6, 6.07) is 7.28. The fourth-order valence-electron chi connectivity index (χ4n) is 3.80. The van der Waals surface area contributed by atoms with Crippen LogP contribution in [-0.4, -0.2) is 55.3 Å². The van der Waals surface area contributed by atoms with Crippen LogP contribution in [0, 0.1) is 6.92 Å². The number of anilines is 2. The molecule has 8 heteroatoms. The lowest BCUT2D eigenvalue weighted by atomic mass is 10.0. The molecule has 3 aromatic rings. The zero-order valence-corrected chi connectivity index (χ0v) is 18.2. The maximum absolute atomic E-state index is 12.9. The third kappa shape index (κ3) is 5.03. The number of aliphatic hydroxyl groups excluding tert-OH is 1. The molecule has 8 nitrogen and oxygen atoms in total. The lowest BCUT2D eigenvalue weighted by Gasteiger charge is -2.22. The van der Waals surface area contributed by atoms with Crippen molar-refractivity contribution in [3.05, 3.63) is 53.7 Å². The zero-order valence-electron chi connectivity index (χ0n) is 18.2. The van der Waals surface area contributed by atoms with Crippen molar-refractivity contribution in [2.24, 2.45) is 0 Å². The number of fused-ring (bicyclic) bond motifs is 1. The quantitative estimate of drug-likeness (QED) is 0.563. The maximum atomic E-state index is 12.9. The van der Waals surface area contributed by atoms with Crippen LogP contribution in [0.1, 0.15) is 48.6 Å². The van der Waals surface area contributed by atoms with E-state index in [1.54, 1.807) is 19.9 Å². The van der Waals surface area contributed by atoms with Crippen molar-refractivity contribution < 1.29 is 15.0 Å². The van der Waals surface area contributed by atoms with Gasteiger partial charge in [-0.2, -0.15) is 0 Å². The summed E-state index contributed by atoms with van der Waals surface area (Å²) in [5.41, 5.74) is 3.46. The number of aromatic nitrogens is 3. The molecule has 4 heterocycles. The average Bonchev–Trinajstić information content (AvgIpc) is 3.30. The molecule has 0 unspecified atom stereocenters. The number of nitrogens with zero attached hydrogens (tertiary/aromatic N) is 4.